The van der Waals surface area contributed by atoms with Crippen molar-refractivity contribution in [3.8, 4) is 0 Å². The van der Waals surface area contributed by atoms with Crippen molar-refractivity contribution in [2.24, 2.45) is 0 Å². The minimum Gasteiger partial charge on any atom is -0.467 e. The minimum atomic E-state index is -0.817. The smallest absolute Gasteiger partial charge is 0.331 e. The number of aliphatic hydroxyl groups is 1. The molecule has 5 nitrogen and oxygen atoms in total. The number of aliphatic hydroxyl groups excluding tert-OH is 1. The molecular weight excluding hydrogens is 174 g/mol. The molecule has 13 heavy (non-hydrogen) atoms. The fraction of sp³-hybridized carbons (Fsp3) is 0.750. The van der Waals surface area contributed by atoms with E-state index in [9.17, 15) is 14.7 Å². The standard InChI is InChI=1S/C8H13NO4/c1-5(10)9-4-3-6(11)7(9)8(12)13-2/h6-7,11H,3-4H2,1-2H3/t6?,7-/m0/s1. The summed E-state index contributed by atoms with van der Waals surface area (Å²) in [4.78, 5) is 23.5. The number of ether oxygens (including phenoxy) is 1. The van der Waals surface area contributed by atoms with Gasteiger partial charge in [0.2, 0.25) is 5.91 Å². The Labute approximate surface area is 76.3 Å². The van der Waals surface area contributed by atoms with Gasteiger partial charge < -0.3 is 14.7 Å². The second-order valence-electron chi connectivity index (χ2n) is 3.04. The molecule has 1 fully saturated rings. The summed E-state index contributed by atoms with van der Waals surface area (Å²) in [6, 6.07) is -0.817. The lowest BCUT2D eigenvalue weighted by atomic mass is 10.2. The van der Waals surface area contributed by atoms with Crippen LogP contribution < -0.4 is 0 Å². The van der Waals surface area contributed by atoms with Crippen LogP contribution in [-0.2, 0) is 14.3 Å². The summed E-state index contributed by atoms with van der Waals surface area (Å²) in [5, 5.41) is 9.42. The van der Waals surface area contributed by atoms with E-state index in [2.05, 4.69) is 4.74 Å². The van der Waals surface area contributed by atoms with Gasteiger partial charge in [-0.2, -0.15) is 0 Å². The maximum absolute atomic E-state index is 11.2. The predicted molar refractivity (Wildman–Crippen MR) is 43.8 cm³/mol. The lowest BCUT2D eigenvalue weighted by Crippen LogP contribution is -2.44. The molecule has 2 atom stereocenters. The number of hydrogen-bond donors (Lipinski definition) is 1. The van der Waals surface area contributed by atoms with Crippen molar-refractivity contribution in [1.82, 2.24) is 4.90 Å². The zero-order valence-corrected chi connectivity index (χ0v) is 7.69. The Bertz CT molecular complexity index is 228. The van der Waals surface area contributed by atoms with E-state index in [0.29, 0.717) is 13.0 Å². The highest BCUT2D eigenvalue weighted by Gasteiger charge is 2.40. The molecule has 1 saturated heterocycles. The van der Waals surface area contributed by atoms with E-state index in [4.69, 9.17) is 0 Å². The monoisotopic (exact) mass is 187 g/mol. The average Bonchev–Trinajstić information content (AvgIpc) is 2.46. The van der Waals surface area contributed by atoms with Gasteiger partial charge >= 0.3 is 5.97 Å². The first-order valence-electron chi connectivity index (χ1n) is 4.11. The minimum absolute atomic E-state index is 0.216. The highest BCUT2D eigenvalue weighted by Crippen LogP contribution is 2.18. The van der Waals surface area contributed by atoms with Crippen molar-refractivity contribution >= 4 is 11.9 Å². The van der Waals surface area contributed by atoms with Crippen LogP contribution in [0.2, 0.25) is 0 Å². The summed E-state index contributed by atoms with van der Waals surface area (Å²) in [5.41, 5.74) is 0. The molecule has 1 rings (SSSR count). The first-order valence-corrected chi connectivity index (χ1v) is 4.11. The number of carbonyl (C=O) groups is 2. The lowest BCUT2D eigenvalue weighted by Gasteiger charge is -2.22. The van der Waals surface area contributed by atoms with Crippen LogP contribution in [-0.4, -0.2) is 47.7 Å². The van der Waals surface area contributed by atoms with E-state index in [0.717, 1.165) is 0 Å². The normalized spacial score (nSPS) is 27.5. The maximum Gasteiger partial charge on any atom is 0.331 e. The Morgan fingerprint density at radius 2 is 2.15 bits per heavy atom. The topological polar surface area (TPSA) is 66.8 Å². The van der Waals surface area contributed by atoms with E-state index in [1.807, 2.05) is 0 Å². The van der Waals surface area contributed by atoms with Crippen molar-refractivity contribution in [3.05, 3.63) is 0 Å². The van der Waals surface area contributed by atoms with E-state index in [1.54, 1.807) is 0 Å². The van der Waals surface area contributed by atoms with E-state index < -0.39 is 18.1 Å². The van der Waals surface area contributed by atoms with Crippen LogP contribution in [0.25, 0.3) is 0 Å². The zero-order chi connectivity index (χ0) is 10.0. The summed E-state index contributed by atoms with van der Waals surface area (Å²) in [6.45, 7) is 1.78. The van der Waals surface area contributed by atoms with Gasteiger partial charge in [-0.05, 0) is 6.42 Å². The van der Waals surface area contributed by atoms with Crippen molar-refractivity contribution in [2.75, 3.05) is 13.7 Å². The number of hydrogen-bond acceptors (Lipinski definition) is 4. The Balaban J connectivity index is 2.76. The number of methoxy groups -OCH3 is 1. The molecule has 1 amide bonds. The van der Waals surface area contributed by atoms with E-state index in [-0.39, 0.29) is 5.91 Å². The van der Waals surface area contributed by atoms with Crippen LogP contribution in [0.5, 0.6) is 0 Å². The second-order valence-corrected chi connectivity index (χ2v) is 3.04. The van der Waals surface area contributed by atoms with Crippen molar-refractivity contribution < 1.29 is 19.4 Å². The molecular formula is C8H13NO4. The van der Waals surface area contributed by atoms with Crippen LogP contribution in [0.15, 0.2) is 0 Å². The lowest BCUT2D eigenvalue weighted by molar-refractivity contribution is -0.153. The molecule has 0 aliphatic carbocycles. The summed E-state index contributed by atoms with van der Waals surface area (Å²) in [7, 11) is 1.24. The van der Waals surface area contributed by atoms with Crippen LogP contribution in [0.4, 0.5) is 0 Å². The van der Waals surface area contributed by atoms with Crippen LogP contribution in [0.1, 0.15) is 13.3 Å². The molecule has 0 saturated carbocycles. The molecule has 1 N–H and O–H groups in total. The molecule has 1 aliphatic heterocycles. The predicted octanol–water partition coefficient (Wildman–Crippen LogP) is -0.859. The third kappa shape index (κ3) is 1.80. The third-order valence-electron chi connectivity index (χ3n) is 2.21. The van der Waals surface area contributed by atoms with Gasteiger partial charge in [-0.25, -0.2) is 4.79 Å². The Morgan fingerprint density at radius 3 is 2.62 bits per heavy atom. The van der Waals surface area contributed by atoms with Gasteiger partial charge in [-0.3, -0.25) is 4.79 Å². The summed E-state index contributed by atoms with van der Waals surface area (Å²) in [6.07, 6.45) is -0.365. The average molecular weight is 187 g/mol. The Kier molecular flexibility index (Phi) is 2.87. The summed E-state index contributed by atoms with van der Waals surface area (Å²) in [5.74, 6) is -0.771. The van der Waals surface area contributed by atoms with Gasteiger partial charge in [0.1, 0.15) is 0 Å². The highest BCUT2D eigenvalue weighted by molar-refractivity contribution is 5.84. The Morgan fingerprint density at radius 1 is 1.54 bits per heavy atom. The first kappa shape index (κ1) is 9.98. The Hall–Kier alpha value is -1.10. The molecule has 0 aromatic heterocycles. The van der Waals surface area contributed by atoms with E-state index >= 15 is 0 Å². The van der Waals surface area contributed by atoms with Gasteiger partial charge in [-0.1, -0.05) is 0 Å². The van der Waals surface area contributed by atoms with Gasteiger partial charge in [0.05, 0.1) is 13.2 Å². The molecule has 74 valence electrons. The SMILES string of the molecule is COC(=O)[C@@H]1C(O)CCN1C(C)=O. The number of nitrogens with zero attached hydrogens (tertiary/aromatic N) is 1. The first-order chi connectivity index (χ1) is 6.07. The highest BCUT2D eigenvalue weighted by atomic mass is 16.5. The molecule has 0 bridgehead atoms. The number of likely N-dealkylation sites (tertiary alicyclic amines) is 1. The molecule has 0 aromatic carbocycles. The van der Waals surface area contributed by atoms with Crippen LogP contribution in [0.3, 0.4) is 0 Å². The summed E-state index contributed by atoms with van der Waals surface area (Å²) < 4.78 is 4.49. The van der Waals surface area contributed by atoms with Crippen molar-refractivity contribution in [3.63, 3.8) is 0 Å². The van der Waals surface area contributed by atoms with E-state index in [1.165, 1.54) is 18.9 Å². The zero-order valence-electron chi connectivity index (χ0n) is 7.69. The van der Waals surface area contributed by atoms with Gasteiger partial charge in [0.25, 0.3) is 0 Å². The summed E-state index contributed by atoms with van der Waals surface area (Å²) >= 11 is 0. The fourth-order valence-electron chi connectivity index (χ4n) is 1.53. The fourth-order valence-corrected chi connectivity index (χ4v) is 1.53. The molecule has 1 aliphatic rings. The van der Waals surface area contributed by atoms with Gasteiger partial charge in [0, 0.05) is 13.5 Å². The van der Waals surface area contributed by atoms with Gasteiger partial charge in [0.15, 0.2) is 6.04 Å². The largest absolute Gasteiger partial charge is 0.467 e. The molecule has 0 spiro atoms. The quantitative estimate of drug-likeness (QED) is 0.542. The molecule has 1 heterocycles. The molecule has 1 unspecified atom stereocenters. The van der Waals surface area contributed by atoms with Crippen LogP contribution >= 0.6 is 0 Å². The van der Waals surface area contributed by atoms with Gasteiger partial charge in [-0.15, -0.1) is 0 Å². The van der Waals surface area contributed by atoms with Crippen molar-refractivity contribution in [2.45, 2.75) is 25.5 Å². The van der Waals surface area contributed by atoms with Crippen molar-refractivity contribution in [1.29, 1.82) is 0 Å². The number of rotatable bonds is 1. The maximum atomic E-state index is 11.2. The molecule has 0 aromatic rings. The number of esters is 1. The second kappa shape index (κ2) is 3.74. The molecule has 0 radical (unpaired) electrons. The molecule has 5 heteroatoms. The third-order valence-corrected chi connectivity index (χ3v) is 2.21. The number of carbonyl (C=O) groups excluding carboxylic acids is 2. The number of amides is 1. The van der Waals surface area contributed by atoms with Crippen LogP contribution in [0, 0.1) is 0 Å².